The number of allylic oxidation sites excluding steroid dienone is 3. The zero-order chi connectivity index (χ0) is 8.27. The molecule has 62 valence electrons. The molecule has 2 unspecified atom stereocenters. The molecule has 0 aromatic carbocycles. The topological polar surface area (TPSA) is 23.1 Å². The minimum Gasteiger partial charge on any atom is -0.612 e. The number of hydrogen-bond acceptors (Lipinski definition) is 1. The van der Waals surface area contributed by atoms with Gasteiger partial charge in [0.1, 0.15) is 11.2 Å². The Morgan fingerprint density at radius 1 is 1.73 bits per heavy atom. The SMILES string of the molecule is CCC1C=CC([S+](C)[O-])=CC1. The van der Waals surface area contributed by atoms with Crippen molar-refractivity contribution in [3.05, 3.63) is 23.1 Å². The van der Waals surface area contributed by atoms with Gasteiger partial charge in [-0.2, -0.15) is 0 Å². The fourth-order valence-electron chi connectivity index (χ4n) is 1.16. The molecule has 0 fully saturated rings. The highest BCUT2D eigenvalue weighted by molar-refractivity contribution is 7.94. The first kappa shape index (κ1) is 8.88. The van der Waals surface area contributed by atoms with Crippen molar-refractivity contribution in [2.75, 3.05) is 6.26 Å². The van der Waals surface area contributed by atoms with Crippen LogP contribution < -0.4 is 0 Å². The summed E-state index contributed by atoms with van der Waals surface area (Å²) >= 11 is -0.795. The van der Waals surface area contributed by atoms with Crippen molar-refractivity contribution in [1.29, 1.82) is 0 Å². The molecule has 0 aromatic rings. The van der Waals surface area contributed by atoms with Crippen molar-refractivity contribution in [2.45, 2.75) is 19.8 Å². The van der Waals surface area contributed by atoms with Gasteiger partial charge in [0.15, 0.2) is 0 Å². The molecule has 0 heterocycles. The van der Waals surface area contributed by atoms with Crippen LogP contribution in [-0.4, -0.2) is 10.8 Å². The van der Waals surface area contributed by atoms with Crippen LogP contribution in [0.15, 0.2) is 23.1 Å². The Morgan fingerprint density at radius 2 is 2.45 bits per heavy atom. The molecule has 0 aliphatic heterocycles. The van der Waals surface area contributed by atoms with Crippen LogP contribution in [0.1, 0.15) is 19.8 Å². The van der Waals surface area contributed by atoms with Crippen molar-refractivity contribution in [3.63, 3.8) is 0 Å². The molecule has 0 N–H and O–H groups in total. The fourth-order valence-corrected chi connectivity index (χ4v) is 1.76. The summed E-state index contributed by atoms with van der Waals surface area (Å²) in [4.78, 5) is 0.981. The lowest BCUT2D eigenvalue weighted by molar-refractivity contribution is 0.603. The lowest BCUT2D eigenvalue weighted by Crippen LogP contribution is -2.04. The predicted molar refractivity (Wildman–Crippen MR) is 49.7 cm³/mol. The molecule has 0 aromatic heterocycles. The molecular formula is C9H14OS. The van der Waals surface area contributed by atoms with Crippen LogP contribution in [-0.2, 0) is 11.2 Å². The van der Waals surface area contributed by atoms with Gasteiger partial charge in [-0.25, -0.2) is 0 Å². The summed E-state index contributed by atoms with van der Waals surface area (Å²) in [5, 5.41) is 0. The van der Waals surface area contributed by atoms with Crippen molar-refractivity contribution in [1.82, 2.24) is 0 Å². The van der Waals surface area contributed by atoms with Crippen molar-refractivity contribution in [2.24, 2.45) is 5.92 Å². The van der Waals surface area contributed by atoms with Gasteiger partial charge in [-0.3, -0.25) is 0 Å². The highest BCUT2D eigenvalue weighted by Crippen LogP contribution is 2.21. The van der Waals surface area contributed by atoms with Crippen molar-refractivity contribution >= 4 is 11.2 Å². The molecule has 0 saturated carbocycles. The quantitative estimate of drug-likeness (QED) is 0.583. The van der Waals surface area contributed by atoms with Crippen LogP contribution >= 0.6 is 0 Å². The van der Waals surface area contributed by atoms with Crippen LogP contribution in [0.5, 0.6) is 0 Å². The van der Waals surface area contributed by atoms with Crippen LogP contribution in [0.25, 0.3) is 0 Å². The molecular weight excluding hydrogens is 156 g/mol. The van der Waals surface area contributed by atoms with Gasteiger partial charge in [0.25, 0.3) is 0 Å². The Kier molecular flexibility index (Phi) is 3.21. The summed E-state index contributed by atoms with van der Waals surface area (Å²) in [6.45, 7) is 2.18. The van der Waals surface area contributed by atoms with Gasteiger partial charge in [0, 0.05) is 0 Å². The minimum absolute atomic E-state index is 0.669. The smallest absolute Gasteiger partial charge is 0.148 e. The lowest BCUT2D eigenvalue weighted by atomic mass is 9.98. The van der Waals surface area contributed by atoms with E-state index in [-0.39, 0.29) is 0 Å². The van der Waals surface area contributed by atoms with E-state index in [0.717, 1.165) is 11.3 Å². The van der Waals surface area contributed by atoms with Crippen LogP contribution in [0.3, 0.4) is 0 Å². The van der Waals surface area contributed by atoms with Gasteiger partial charge in [-0.15, -0.1) is 0 Å². The molecule has 0 radical (unpaired) electrons. The van der Waals surface area contributed by atoms with Gasteiger partial charge in [-0.1, -0.05) is 13.0 Å². The fraction of sp³-hybridized carbons (Fsp3) is 0.556. The highest BCUT2D eigenvalue weighted by Gasteiger charge is 2.11. The molecule has 1 nitrogen and oxygen atoms in total. The molecule has 1 rings (SSSR count). The summed E-state index contributed by atoms with van der Waals surface area (Å²) in [5.74, 6) is 0.669. The van der Waals surface area contributed by atoms with Gasteiger partial charge in [0.05, 0.1) is 0 Å². The summed E-state index contributed by atoms with van der Waals surface area (Å²) in [6.07, 6.45) is 10.2. The Balaban J connectivity index is 2.53. The van der Waals surface area contributed by atoms with Crippen molar-refractivity contribution < 1.29 is 4.55 Å². The van der Waals surface area contributed by atoms with E-state index < -0.39 is 11.2 Å². The molecule has 2 heteroatoms. The molecule has 2 atom stereocenters. The van der Waals surface area contributed by atoms with Gasteiger partial charge >= 0.3 is 0 Å². The third-order valence-electron chi connectivity index (χ3n) is 2.01. The zero-order valence-corrected chi connectivity index (χ0v) is 7.86. The largest absolute Gasteiger partial charge is 0.612 e. The summed E-state index contributed by atoms with van der Waals surface area (Å²) in [7, 11) is 0. The van der Waals surface area contributed by atoms with E-state index in [4.69, 9.17) is 0 Å². The Hall–Kier alpha value is -0.210. The Morgan fingerprint density at radius 3 is 2.82 bits per heavy atom. The van der Waals surface area contributed by atoms with E-state index in [0.29, 0.717) is 5.92 Å². The normalized spacial score (nSPS) is 26.5. The minimum atomic E-state index is -0.795. The monoisotopic (exact) mass is 170 g/mol. The summed E-state index contributed by atoms with van der Waals surface area (Å²) < 4.78 is 11.0. The predicted octanol–water partition coefficient (Wildman–Crippen LogP) is 2.23. The molecule has 0 spiro atoms. The second-order valence-electron chi connectivity index (χ2n) is 2.82. The van der Waals surface area contributed by atoms with Gasteiger partial charge < -0.3 is 4.55 Å². The van der Waals surface area contributed by atoms with Crippen molar-refractivity contribution in [3.8, 4) is 0 Å². The second kappa shape index (κ2) is 3.98. The highest BCUT2D eigenvalue weighted by atomic mass is 32.2. The maximum Gasteiger partial charge on any atom is 0.148 e. The summed E-state index contributed by atoms with van der Waals surface area (Å²) in [6, 6.07) is 0. The van der Waals surface area contributed by atoms with Gasteiger partial charge in [-0.05, 0) is 42.1 Å². The first-order chi connectivity index (χ1) is 5.24. The van der Waals surface area contributed by atoms with E-state index in [1.165, 1.54) is 6.42 Å². The Bertz CT molecular complexity index is 182. The number of hydrogen-bond donors (Lipinski definition) is 0. The van der Waals surface area contributed by atoms with Crippen LogP contribution in [0.4, 0.5) is 0 Å². The molecule has 0 amide bonds. The van der Waals surface area contributed by atoms with E-state index in [1.54, 1.807) is 6.26 Å². The lowest BCUT2D eigenvalue weighted by Gasteiger charge is -2.13. The third-order valence-corrected chi connectivity index (χ3v) is 2.98. The maximum atomic E-state index is 11.0. The second-order valence-corrected chi connectivity index (χ2v) is 4.20. The van der Waals surface area contributed by atoms with E-state index in [9.17, 15) is 4.55 Å². The zero-order valence-electron chi connectivity index (χ0n) is 7.04. The van der Waals surface area contributed by atoms with Crippen LogP contribution in [0.2, 0.25) is 0 Å². The molecule has 0 saturated heterocycles. The van der Waals surface area contributed by atoms with Gasteiger partial charge in [0.2, 0.25) is 0 Å². The van der Waals surface area contributed by atoms with E-state index in [2.05, 4.69) is 19.1 Å². The molecule has 11 heavy (non-hydrogen) atoms. The molecule has 1 aliphatic rings. The average Bonchev–Trinajstić information content (AvgIpc) is 2.05. The first-order valence-electron chi connectivity index (χ1n) is 3.95. The standard InChI is InChI=1S/C9H14OS/c1-3-8-4-6-9(7-5-8)11(2)10/h4,6-8H,3,5H2,1-2H3. The molecule has 1 aliphatic carbocycles. The third kappa shape index (κ3) is 2.38. The van der Waals surface area contributed by atoms with Crippen LogP contribution in [0, 0.1) is 5.92 Å². The molecule has 0 bridgehead atoms. The maximum absolute atomic E-state index is 11.0. The number of rotatable bonds is 2. The summed E-state index contributed by atoms with van der Waals surface area (Å²) in [5.41, 5.74) is 0. The Labute approximate surface area is 71.4 Å². The first-order valence-corrected chi connectivity index (χ1v) is 5.51. The average molecular weight is 170 g/mol. The van der Waals surface area contributed by atoms with E-state index >= 15 is 0 Å². The van der Waals surface area contributed by atoms with E-state index in [1.807, 2.05) is 6.08 Å².